The van der Waals surface area contributed by atoms with Gasteiger partial charge in [-0.25, -0.2) is 10.8 Å². The summed E-state index contributed by atoms with van der Waals surface area (Å²) in [6.07, 6.45) is 1.05. The first kappa shape index (κ1) is 13.4. The Bertz CT molecular complexity index is 355. The van der Waals surface area contributed by atoms with Gasteiger partial charge < -0.3 is 10.7 Å². The Hall–Kier alpha value is -0.710. The molecule has 0 radical (unpaired) electrons. The third-order valence-corrected chi connectivity index (χ3v) is 2.66. The molecule has 0 unspecified atom stereocenters. The Balaban J connectivity index is 2.72. The molecule has 0 aliphatic carbocycles. The minimum absolute atomic E-state index is 0.405. The van der Waals surface area contributed by atoms with Crippen LogP contribution in [0.15, 0.2) is 6.07 Å². The van der Waals surface area contributed by atoms with Gasteiger partial charge >= 0.3 is 0 Å². The Morgan fingerprint density at radius 2 is 1.94 bits per heavy atom. The molecular formula is C10H16Cl2N4. The van der Waals surface area contributed by atoms with Crippen molar-refractivity contribution in [3.8, 4) is 0 Å². The Morgan fingerprint density at radius 1 is 1.31 bits per heavy atom. The zero-order valence-electron chi connectivity index (χ0n) is 9.35. The predicted octanol–water partition coefficient (Wildman–Crippen LogP) is 3.13. The maximum Gasteiger partial charge on any atom is 0.161 e. The number of halogens is 2. The molecule has 0 bridgehead atoms. The minimum atomic E-state index is 0.405. The summed E-state index contributed by atoms with van der Waals surface area (Å²) in [4.78, 5) is 4.18. The zero-order valence-corrected chi connectivity index (χ0v) is 10.9. The van der Waals surface area contributed by atoms with Gasteiger partial charge in [-0.3, -0.25) is 0 Å². The third kappa shape index (κ3) is 3.70. The molecule has 0 amide bonds. The minimum Gasteiger partial charge on any atom is -0.369 e. The van der Waals surface area contributed by atoms with E-state index in [2.05, 4.69) is 29.6 Å². The molecule has 0 aromatic carbocycles. The lowest BCUT2D eigenvalue weighted by atomic mass is 10.1. The van der Waals surface area contributed by atoms with E-state index >= 15 is 0 Å². The van der Waals surface area contributed by atoms with E-state index in [-0.39, 0.29) is 0 Å². The van der Waals surface area contributed by atoms with E-state index in [9.17, 15) is 0 Å². The lowest BCUT2D eigenvalue weighted by Gasteiger charge is -2.11. The van der Waals surface area contributed by atoms with E-state index < -0.39 is 0 Å². The van der Waals surface area contributed by atoms with Crippen molar-refractivity contribution in [1.29, 1.82) is 0 Å². The Kier molecular flexibility index (Phi) is 5.12. The van der Waals surface area contributed by atoms with Crippen LogP contribution in [0.5, 0.6) is 0 Å². The molecule has 90 valence electrons. The number of nitrogen functional groups attached to an aromatic ring is 1. The molecular weight excluding hydrogens is 247 g/mol. The first-order valence-electron chi connectivity index (χ1n) is 5.11. The van der Waals surface area contributed by atoms with Crippen LogP contribution in [0, 0.1) is 5.92 Å². The van der Waals surface area contributed by atoms with Crippen LogP contribution in [-0.2, 0) is 0 Å². The van der Waals surface area contributed by atoms with E-state index in [0.29, 0.717) is 27.6 Å². The Morgan fingerprint density at radius 3 is 2.50 bits per heavy atom. The molecule has 1 heterocycles. The summed E-state index contributed by atoms with van der Waals surface area (Å²) in [5.74, 6) is 6.92. The summed E-state index contributed by atoms with van der Waals surface area (Å²) in [6.45, 7) is 5.13. The number of pyridine rings is 1. The van der Waals surface area contributed by atoms with E-state index in [1.807, 2.05) is 0 Å². The number of rotatable bonds is 5. The Labute approximate surface area is 105 Å². The number of nitrogens with one attached hydrogen (secondary N) is 2. The second-order valence-corrected chi connectivity index (χ2v) is 4.72. The monoisotopic (exact) mass is 262 g/mol. The van der Waals surface area contributed by atoms with Gasteiger partial charge in [0.05, 0.1) is 10.0 Å². The van der Waals surface area contributed by atoms with Crippen LogP contribution in [0.4, 0.5) is 11.6 Å². The highest BCUT2D eigenvalue weighted by Crippen LogP contribution is 2.28. The molecule has 6 heteroatoms. The normalized spacial score (nSPS) is 10.6. The van der Waals surface area contributed by atoms with Crippen molar-refractivity contribution in [2.45, 2.75) is 20.3 Å². The first-order chi connectivity index (χ1) is 7.54. The molecule has 0 aliphatic heterocycles. The topological polar surface area (TPSA) is 63.0 Å². The molecule has 0 aliphatic rings. The van der Waals surface area contributed by atoms with Crippen LogP contribution < -0.4 is 16.6 Å². The van der Waals surface area contributed by atoms with Crippen molar-refractivity contribution in [3.05, 3.63) is 16.1 Å². The summed E-state index contributed by atoms with van der Waals surface area (Å²) < 4.78 is 0. The molecule has 0 saturated heterocycles. The van der Waals surface area contributed by atoms with Gasteiger partial charge in [-0.2, -0.15) is 0 Å². The third-order valence-electron chi connectivity index (χ3n) is 2.08. The van der Waals surface area contributed by atoms with E-state index in [1.54, 1.807) is 6.07 Å². The van der Waals surface area contributed by atoms with Crippen LogP contribution in [0.3, 0.4) is 0 Å². The number of nitrogens with two attached hydrogens (primary N) is 1. The van der Waals surface area contributed by atoms with Gasteiger partial charge in [-0.1, -0.05) is 37.0 Å². The van der Waals surface area contributed by atoms with Gasteiger partial charge in [-0.05, 0) is 18.4 Å². The van der Waals surface area contributed by atoms with Crippen LogP contribution in [0.25, 0.3) is 0 Å². The van der Waals surface area contributed by atoms with Gasteiger partial charge in [0.1, 0.15) is 5.82 Å². The predicted molar refractivity (Wildman–Crippen MR) is 70.0 cm³/mol. The summed E-state index contributed by atoms with van der Waals surface area (Å²) in [6, 6.07) is 1.61. The highest BCUT2D eigenvalue weighted by molar-refractivity contribution is 6.37. The van der Waals surface area contributed by atoms with E-state index in [1.165, 1.54) is 0 Å². The summed E-state index contributed by atoms with van der Waals surface area (Å²) in [5, 5.41) is 4.05. The number of aromatic nitrogens is 1. The van der Waals surface area contributed by atoms with Crippen molar-refractivity contribution in [2.24, 2.45) is 11.8 Å². The smallest absolute Gasteiger partial charge is 0.161 e. The molecule has 0 fully saturated rings. The van der Waals surface area contributed by atoms with Gasteiger partial charge in [-0.15, -0.1) is 0 Å². The van der Waals surface area contributed by atoms with Crippen molar-refractivity contribution < 1.29 is 0 Å². The largest absolute Gasteiger partial charge is 0.369 e. The fourth-order valence-corrected chi connectivity index (χ4v) is 1.65. The van der Waals surface area contributed by atoms with Gasteiger partial charge in [0, 0.05) is 6.54 Å². The average Bonchev–Trinajstić information content (AvgIpc) is 2.20. The SMILES string of the molecule is CC(C)CCNc1nc(NN)c(Cl)cc1Cl. The van der Waals surface area contributed by atoms with Gasteiger partial charge in [0.25, 0.3) is 0 Å². The van der Waals surface area contributed by atoms with Crippen LogP contribution in [0.1, 0.15) is 20.3 Å². The summed E-state index contributed by atoms with van der Waals surface area (Å²) >= 11 is 11.9. The summed E-state index contributed by atoms with van der Waals surface area (Å²) in [7, 11) is 0. The molecule has 0 saturated carbocycles. The van der Waals surface area contributed by atoms with Gasteiger partial charge in [0.15, 0.2) is 5.82 Å². The molecule has 4 nitrogen and oxygen atoms in total. The second-order valence-electron chi connectivity index (χ2n) is 3.90. The highest BCUT2D eigenvalue weighted by Gasteiger charge is 2.08. The molecule has 0 atom stereocenters. The molecule has 0 spiro atoms. The maximum atomic E-state index is 6.00. The fourth-order valence-electron chi connectivity index (χ4n) is 1.17. The highest BCUT2D eigenvalue weighted by atomic mass is 35.5. The number of nitrogens with zero attached hydrogens (tertiary/aromatic N) is 1. The quantitative estimate of drug-likeness (QED) is 0.564. The molecule has 1 aromatic heterocycles. The number of anilines is 2. The van der Waals surface area contributed by atoms with Crippen molar-refractivity contribution in [2.75, 3.05) is 17.3 Å². The van der Waals surface area contributed by atoms with Crippen LogP contribution in [0.2, 0.25) is 10.0 Å². The van der Waals surface area contributed by atoms with E-state index in [0.717, 1.165) is 13.0 Å². The number of hydrazine groups is 1. The molecule has 1 rings (SSSR count). The van der Waals surface area contributed by atoms with Crippen LogP contribution in [-0.4, -0.2) is 11.5 Å². The van der Waals surface area contributed by atoms with Crippen molar-refractivity contribution in [3.63, 3.8) is 0 Å². The van der Waals surface area contributed by atoms with Crippen molar-refractivity contribution >= 4 is 34.8 Å². The van der Waals surface area contributed by atoms with Crippen molar-refractivity contribution in [1.82, 2.24) is 4.98 Å². The maximum absolute atomic E-state index is 6.00. The average molecular weight is 263 g/mol. The molecule has 16 heavy (non-hydrogen) atoms. The van der Waals surface area contributed by atoms with Gasteiger partial charge in [0.2, 0.25) is 0 Å². The second kappa shape index (κ2) is 6.13. The first-order valence-corrected chi connectivity index (χ1v) is 5.86. The molecule has 4 N–H and O–H groups in total. The van der Waals surface area contributed by atoms with E-state index in [4.69, 9.17) is 29.0 Å². The fraction of sp³-hybridized carbons (Fsp3) is 0.500. The summed E-state index contributed by atoms with van der Waals surface area (Å²) in [5.41, 5.74) is 2.42. The number of hydrogen-bond donors (Lipinski definition) is 3. The molecule has 1 aromatic rings. The lowest BCUT2D eigenvalue weighted by Crippen LogP contribution is -2.12. The lowest BCUT2D eigenvalue weighted by molar-refractivity contribution is 0.606. The standard InChI is InChI=1S/C10H16Cl2N4/c1-6(2)3-4-14-9-7(11)5-8(12)10(15-9)16-13/h5-6H,3-4,13H2,1-2H3,(H2,14,15,16). The zero-order chi connectivity index (χ0) is 12.1. The number of hydrogen-bond acceptors (Lipinski definition) is 4. The van der Waals surface area contributed by atoms with Crippen LogP contribution >= 0.6 is 23.2 Å².